The molecule has 3 heteroatoms. The van der Waals surface area contributed by atoms with Crippen molar-refractivity contribution in [2.75, 3.05) is 20.2 Å². The van der Waals surface area contributed by atoms with Gasteiger partial charge in [0.1, 0.15) is 5.75 Å². The summed E-state index contributed by atoms with van der Waals surface area (Å²) in [7, 11) is 1.76. The molecule has 0 amide bonds. The lowest BCUT2D eigenvalue weighted by Crippen LogP contribution is -2.55. The van der Waals surface area contributed by atoms with E-state index in [-0.39, 0.29) is 0 Å². The number of methoxy groups -OCH3 is 1. The summed E-state index contributed by atoms with van der Waals surface area (Å²) in [4.78, 5) is 2.65. The molecule has 2 unspecified atom stereocenters. The van der Waals surface area contributed by atoms with Gasteiger partial charge in [0, 0.05) is 37.3 Å². The molecule has 0 spiro atoms. The molecule has 2 atom stereocenters. The Kier molecular flexibility index (Phi) is 3.76. The summed E-state index contributed by atoms with van der Waals surface area (Å²) in [6.07, 6.45) is 2.81. The van der Waals surface area contributed by atoms with E-state index in [4.69, 9.17) is 4.74 Å². The summed E-state index contributed by atoms with van der Waals surface area (Å²) in [6, 6.07) is 9.70. The zero-order chi connectivity index (χ0) is 13.2. The fourth-order valence-corrected chi connectivity index (χ4v) is 3.18. The van der Waals surface area contributed by atoms with Gasteiger partial charge < -0.3 is 10.1 Å². The molecule has 0 radical (unpaired) electrons. The lowest BCUT2D eigenvalue weighted by atomic mass is 10.0. The fraction of sp³-hybridized carbons (Fsp3) is 0.625. The van der Waals surface area contributed by atoms with Crippen LogP contribution in [0.15, 0.2) is 24.3 Å². The zero-order valence-electron chi connectivity index (χ0n) is 11.9. The molecule has 0 aromatic heterocycles. The third-order valence-electron chi connectivity index (χ3n) is 4.38. The second kappa shape index (κ2) is 5.51. The van der Waals surface area contributed by atoms with Gasteiger partial charge in [-0.15, -0.1) is 0 Å². The van der Waals surface area contributed by atoms with E-state index in [0.29, 0.717) is 12.1 Å². The fourth-order valence-electron chi connectivity index (χ4n) is 3.18. The Balaban J connectivity index is 1.75. The van der Waals surface area contributed by atoms with Crippen LogP contribution in [0.3, 0.4) is 0 Å². The average Bonchev–Trinajstić information content (AvgIpc) is 3.24. The number of ether oxygens (including phenoxy) is 1. The van der Waals surface area contributed by atoms with Crippen molar-refractivity contribution in [1.29, 1.82) is 0 Å². The van der Waals surface area contributed by atoms with E-state index in [0.717, 1.165) is 31.3 Å². The van der Waals surface area contributed by atoms with Crippen LogP contribution < -0.4 is 10.1 Å². The molecule has 1 aliphatic heterocycles. The molecule has 2 fully saturated rings. The molecule has 1 aromatic carbocycles. The van der Waals surface area contributed by atoms with Crippen molar-refractivity contribution in [1.82, 2.24) is 10.2 Å². The molecule has 1 saturated carbocycles. The number of para-hydroxylation sites is 1. The number of hydrogen-bond donors (Lipinski definition) is 1. The van der Waals surface area contributed by atoms with Crippen LogP contribution in [-0.2, 0) is 6.54 Å². The summed E-state index contributed by atoms with van der Waals surface area (Å²) < 4.78 is 5.48. The van der Waals surface area contributed by atoms with Crippen molar-refractivity contribution in [3.8, 4) is 5.75 Å². The summed E-state index contributed by atoms with van der Waals surface area (Å²) >= 11 is 0. The van der Waals surface area contributed by atoms with E-state index in [1.54, 1.807) is 7.11 Å². The predicted octanol–water partition coefficient (Wildman–Crippen LogP) is 2.27. The maximum Gasteiger partial charge on any atom is 0.123 e. The standard InChI is InChI=1S/C16H24N2O/c1-12-10-18(15(9-17-12)13-7-8-13)11-14-5-3-4-6-16(14)19-2/h3-6,12-13,15,17H,7-11H2,1-2H3. The minimum absolute atomic E-state index is 0.588. The maximum atomic E-state index is 5.48. The topological polar surface area (TPSA) is 24.5 Å². The molecule has 1 N–H and O–H groups in total. The van der Waals surface area contributed by atoms with Crippen molar-refractivity contribution >= 4 is 0 Å². The van der Waals surface area contributed by atoms with Crippen molar-refractivity contribution < 1.29 is 4.74 Å². The molecule has 1 heterocycles. The van der Waals surface area contributed by atoms with Gasteiger partial charge in [0.25, 0.3) is 0 Å². The van der Waals surface area contributed by atoms with E-state index in [9.17, 15) is 0 Å². The molecule has 1 aromatic rings. The SMILES string of the molecule is COc1ccccc1CN1CC(C)NCC1C1CC1. The quantitative estimate of drug-likeness (QED) is 0.899. The lowest BCUT2D eigenvalue weighted by Gasteiger charge is -2.40. The third-order valence-corrected chi connectivity index (χ3v) is 4.38. The first-order valence-corrected chi connectivity index (χ1v) is 7.37. The van der Waals surface area contributed by atoms with Crippen LogP contribution in [0.25, 0.3) is 0 Å². The van der Waals surface area contributed by atoms with Gasteiger partial charge in [-0.1, -0.05) is 18.2 Å². The molecular weight excluding hydrogens is 236 g/mol. The van der Waals surface area contributed by atoms with Crippen molar-refractivity contribution in [3.63, 3.8) is 0 Å². The number of nitrogens with zero attached hydrogens (tertiary/aromatic N) is 1. The van der Waals surface area contributed by atoms with Gasteiger partial charge in [0.2, 0.25) is 0 Å². The Bertz CT molecular complexity index is 431. The normalized spacial score (nSPS) is 28.3. The Morgan fingerprint density at radius 3 is 2.84 bits per heavy atom. The number of nitrogens with one attached hydrogen (secondary N) is 1. The average molecular weight is 260 g/mol. The molecule has 3 nitrogen and oxygen atoms in total. The van der Waals surface area contributed by atoms with Gasteiger partial charge in [-0.05, 0) is 31.7 Å². The minimum Gasteiger partial charge on any atom is -0.496 e. The van der Waals surface area contributed by atoms with E-state index >= 15 is 0 Å². The summed E-state index contributed by atoms with van der Waals surface area (Å²) in [5, 5.41) is 3.62. The number of hydrogen-bond acceptors (Lipinski definition) is 3. The third kappa shape index (κ3) is 2.93. The van der Waals surface area contributed by atoms with Gasteiger partial charge >= 0.3 is 0 Å². The minimum atomic E-state index is 0.588. The van der Waals surface area contributed by atoms with Gasteiger partial charge in [-0.25, -0.2) is 0 Å². The zero-order valence-corrected chi connectivity index (χ0v) is 11.9. The molecule has 19 heavy (non-hydrogen) atoms. The number of rotatable bonds is 4. The van der Waals surface area contributed by atoms with Gasteiger partial charge in [-0.3, -0.25) is 4.90 Å². The Morgan fingerprint density at radius 1 is 1.32 bits per heavy atom. The summed E-state index contributed by atoms with van der Waals surface area (Å²) in [5.41, 5.74) is 1.31. The van der Waals surface area contributed by atoms with Crippen molar-refractivity contribution in [2.24, 2.45) is 5.92 Å². The molecule has 1 saturated heterocycles. The van der Waals surface area contributed by atoms with Crippen molar-refractivity contribution in [3.05, 3.63) is 29.8 Å². The van der Waals surface area contributed by atoms with Crippen LogP contribution in [0.4, 0.5) is 0 Å². The number of benzene rings is 1. The van der Waals surface area contributed by atoms with E-state index < -0.39 is 0 Å². The van der Waals surface area contributed by atoms with E-state index in [2.05, 4.69) is 35.3 Å². The monoisotopic (exact) mass is 260 g/mol. The van der Waals surface area contributed by atoms with Crippen LogP contribution in [0.1, 0.15) is 25.3 Å². The highest BCUT2D eigenvalue weighted by Crippen LogP contribution is 2.37. The molecule has 3 rings (SSSR count). The van der Waals surface area contributed by atoms with Crippen LogP contribution in [0.2, 0.25) is 0 Å². The highest BCUT2D eigenvalue weighted by Gasteiger charge is 2.37. The van der Waals surface area contributed by atoms with Crippen LogP contribution in [0, 0.1) is 5.92 Å². The molecule has 1 aliphatic carbocycles. The Labute approximate surface area is 115 Å². The van der Waals surface area contributed by atoms with Crippen LogP contribution in [-0.4, -0.2) is 37.2 Å². The highest BCUT2D eigenvalue weighted by molar-refractivity contribution is 5.33. The second-order valence-electron chi connectivity index (χ2n) is 5.96. The van der Waals surface area contributed by atoms with Gasteiger partial charge in [0.05, 0.1) is 7.11 Å². The van der Waals surface area contributed by atoms with Crippen LogP contribution in [0.5, 0.6) is 5.75 Å². The molecule has 104 valence electrons. The predicted molar refractivity (Wildman–Crippen MR) is 77.4 cm³/mol. The number of piperazine rings is 1. The van der Waals surface area contributed by atoms with Gasteiger partial charge in [-0.2, -0.15) is 0 Å². The Hall–Kier alpha value is -1.06. The molecule has 0 bridgehead atoms. The molecule has 2 aliphatic rings. The maximum absolute atomic E-state index is 5.48. The highest BCUT2D eigenvalue weighted by atomic mass is 16.5. The Morgan fingerprint density at radius 2 is 2.11 bits per heavy atom. The first-order chi connectivity index (χ1) is 9.28. The second-order valence-corrected chi connectivity index (χ2v) is 5.96. The first kappa shape index (κ1) is 12.9. The lowest BCUT2D eigenvalue weighted by molar-refractivity contribution is 0.111. The van der Waals surface area contributed by atoms with E-state index in [1.165, 1.54) is 18.4 Å². The van der Waals surface area contributed by atoms with Gasteiger partial charge in [0.15, 0.2) is 0 Å². The smallest absolute Gasteiger partial charge is 0.123 e. The largest absolute Gasteiger partial charge is 0.496 e. The molecular formula is C16H24N2O. The van der Waals surface area contributed by atoms with Crippen molar-refractivity contribution in [2.45, 2.75) is 38.4 Å². The van der Waals surface area contributed by atoms with Crippen LogP contribution >= 0.6 is 0 Å². The van der Waals surface area contributed by atoms with E-state index in [1.807, 2.05) is 6.07 Å². The summed E-state index contributed by atoms with van der Waals surface area (Å²) in [6.45, 7) is 5.57. The summed E-state index contributed by atoms with van der Waals surface area (Å²) in [5.74, 6) is 1.93. The first-order valence-electron chi connectivity index (χ1n) is 7.37.